The van der Waals surface area contributed by atoms with Crippen LogP contribution in [0.15, 0.2) is 58.0 Å². The molecule has 16 heteroatoms. The maximum Gasteiger partial charge on any atom is 0.331 e. The van der Waals surface area contributed by atoms with E-state index in [2.05, 4.69) is 20.2 Å². The number of nitrogens with zero attached hydrogens (tertiary/aromatic N) is 6. The largest absolute Gasteiger partial charge is 0.480 e. The smallest absolute Gasteiger partial charge is 0.331 e. The number of rotatable bonds is 8. The van der Waals surface area contributed by atoms with Gasteiger partial charge in [0, 0.05) is 29.3 Å². The molecule has 12 nitrogen and oxygen atoms in total. The summed E-state index contributed by atoms with van der Waals surface area (Å²) in [5.74, 6) is 3.55. The van der Waals surface area contributed by atoms with Crippen molar-refractivity contribution >= 4 is 82.1 Å². The van der Waals surface area contributed by atoms with Gasteiger partial charge in [0.25, 0.3) is 0 Å². The van der Waals surface area contributed by atoms with Crippen LogP contribution in [-0.4, -0.2) is 80.9 Å². The number of carbonyl (C=O) groups is 2. The highest BCUT2D eigenvalue weighted by Gasteiger charge is 2.45. The van der Waals surface area contributed by atoms with Gasteiger partial charge in [0.2, 0.25) is 11.8 Å². The molecule has 0 amide bonds. The maximum atomic E-state index is 12.2. The molecule has 1 fully saturated rings. The van der Waals surface area contributed by atoms with Crippen molar-refractivity contribution in [2.75, 3.05) is 33.9 Å². The molecule has 0 bridgehead atoms. The number of carboxylic acid groups (broad SMARTS) is 1. The van der Waals surface area contributed by atoms with E-state index in [9.17, 15) is 14.7 Å². The van der Waals surface area contributed by atoms with Gasteiger partial charge in [-0.2, -0.15) is 11.8 Å². The summed E-state index contributed by atoms with van der Waals surface area (Å²) in [6, 6.07) is 5.32. The Kier molecular flexibility index (Phi) is 10.8. The van der Waals surface area contributed by atoms with Crippen LogP contribution in [0.3, 0.4) is 0 Å². The van der Waals surface area contributed by atoms with Crippen LogP contribution in [0.5, 0.6) is 0 Å². The van der Waals surface area contributed by atoms with Crippen molar-refractivity contribution in [3.63, 3.8) is 0 Å². The first kappa shape index (κ1) is 32.2. The van der Waals surface area contributed by atoms with Crippen LogP contribution >= 0.6 is 46.7 Å². The van der Waals surface area contributed by atoms with Crippen LogP contribution in [-0.2, 0) is 23.8 Å². The molecule has 0 spiro atoms. The molecule has 6 heterocycles. The molecule has 2 aromatic rings. The van der Waals surface area contributed by atoms with Gasteiger partial charge < -0.3 is 19.3 Å². The zero-order valence-corrected chi connectivity index (χ0v) is 27.0. The molecule has 0 saturated carbocycles. The van der Waals surface area contributed by atoms with Crippen LogP contribution in [0.2, 0.25) is 10.0 Å². The molecule has 4 aliphatic rings. The predicted octanol–water partition coefficient (Wildman–Crippen LogP) is 5.28. The lowest BCUT2D eigenvalue weighted by atomic mass is 9.97. The molecular weight excluding hydrogens is 651 g/mol. The maximum absolute atomic E-state index is 12.2. The van der Waals surface area contributed by atoms with E-state index in [1.165, 1.54) is 10.0 Å². The molecule has 0 aliphatic carbocycles. The average Bonchev–Trinajstić information content (AvgIpc) is 3.55. The molecule has 3 unspecified atom stereocenters. The molecule has 4 aliphatic heterocycles. The molecule has 2 aromatic heterocycles. The van der Waals surface area contributed by atoms with Crippen molar-refractivity contribution in [3.8, 4) is 0 Å². The standard InChI is InChI=1S/C14H14ClN3O3S.C14H16ClN3O3S/c1-2-20-14(19)11-6-12(21-9-7-22-8-9)17-18(11)13-10(15)4-3-5-16-13;1-2-9-11(14(19)20)18(12-10(15)4-3-5-16-12)17-13(9)21-8-6-22-7-8/h3-5,7,11H,2,6,8H2,1H3;3-5,8-9,11H,2,6-7H2,1H3,(H,19,20). The van der Waals surface area contributed by atoms with Crippen molar-refractivity contribution < 1.29 is 28.9 Å². The van der Waals surface area contributed by atoms with E-state index in [1.807, 2.05) is 12.3 Å². The number of carbonyl (C=O) groups excluding carboxylic acids is 1. The molecule has 234 valence electrons. The monoisotopic (exact) mass is 680 g/mol. The van der Waals surface area contributed by atoms with E-state index in [0.29, 0.717) is 52.9 Å². The van der Waals surface area contributed by atoms with Crippen LogP contribution in [0.4, 0.5) is 11.6 Å². The lowest BCUT2D eigenvalue weighted by Gasteiger charge is -2.27. The summed E-state index contributed by atoms with van der Waals surface area (Å²) in [5.41, 5.74) is 0. The number of thioether (sulfide) groups is 2. The van der Waals surface area contributed by atoms with Crippen LogP contribution < -0.4 is 10.0 Å². The molecule has 6 rings (SSSR count). The Morgan fingerprint density at radius 2 is 1.70 bits per heavy atom. The van der Waals surface area contributed by atoms with Crippen molar-refractivity contribution in [2.24, 2.45) is 16.1 Å². The fourth-order valence-electron chi connectivity index (χ4n) is 4.57. The first-order chi connectivity index (χ1) is 21.3. The number of hydrogen-bond acceptors (Lipinski definition) is 13. The fourth-order valence-corrected chi connectivity index (χ4v) is 5.97. The normalized spacial score (nSPS) is 22.5. The zero-order chi connectivity index (χ0) is 31.2. The van der Waals surface area contributed by atoms with Gasteiger partial charge in [-0.1, -0.05) is 30.1 Å². The second-order valence-corrected chi connectivity index (χ2v) is 12.5. The van der Waals surface area contributed by atoms with Gasteiger partial charge in [0.05, 0.1) is 34.7 Å². The SMILES string of the molecule is CCC1C(OC2CSC2)=NN(c2ncccc2Cl)C1C(=O)O.CCOC(=O)C1CC(OC2=CSC2)=NN1c1ncccc1Cl. The Balaban J connectivity index is 0.000000175. The second-order valence-electron chi connectivity index (χ2n) is 9.78. The third-order valence-corrected chi connectivity index (χ3v) is 9.48. The molecule has 0 radical (unpaired) electrons. The third kappa shape index (κ3) is 7.19. The zero-order valence-electron chi connectivity index (χ0n) is 23.8. The van der Waals surface area contributed by atoms with Gasteiger partial charge in [-0.3, -0.25) is 0 Å². The Hall–Kier alpha value is -3.20. The molecule has 1 saturated heterocycles. The van der Waals surface area contributed by atoms with Gasteiger partial charge in [-0.25, -0.2) is 29.6 Å². The number of hydrogen-bond donors (Lipinski definition) is 1. The molecule has 44 heavy (non-hydrogen) atoms. The molecule has 3 atom stereocenters. The van der Waals surface area contributed by atoms with Gasteiger partial charge in [0.1, 0.15) is 11.9 Å². The number of ether oxygens (including phenoxy) is 3. The number of pyridine rings is 2. The highest BCUT2D eigenvalue weighted by molar-refractivity contribution is 8.03. The number of hydrazone groups is 2. The summed E-state index contributed by atoms with van der Waals surface area (Å²) in [5, 5.41) is 23.9. The molecule has 1 N–H and O–H groups in total. The summed E-state index contributed by atoms with van der Waals surface area (Å²) in [6.45, 7) is 4.00. The predicted molar refractivity (Wildman–Crippen MR) is 172 cm³/mol. The van der Waals surface area contributed by atoms with E-state index in [4.69, 9.17) is 37.4 Å². The van der Waals surface area contributed by atoms with E-state index in [-0.39, 0.29) is 18.0 Å². The van der Waals surface area contributed by atoms with Gasteiger partial charge in [0.15, 0.2) is 23.7 Å². The fraction of sp³-hybridized carbons (Fsp3) is 0.429. The van der Waals surface area contributed by atoms with Crippen molar-refractivity contribution in [3.05, 3.63) is 57.9 Å². The van der Waals surface area contributed by atoms with Gasteiger partial charge >= 0.3 is 11.9 Å². The van der Waals surface area contributed by atoms with Crippen LogP contribution in [0.1, 0.15) is 26.7 Å². The number of aromatic nitrogens is 2. The minimum atomic E-state index is -0.959. The highest BCUT2D eigenvalue weighted by atomic mass is 35.5. The minimum Gasteiger partial charge on any atom is -0.480 e. The highest BCUT2D eigenvalue weighted by Crippen LogP contribution is 2.35. The quantitative estimate of drug-likeness (QED) is 0.363. The Morgan fingerprint density at radius 3 is 2.20 bits per heavy atom. The Morgan fingerprint density at radius 1 is 1.05 bits per heavy atom. The van der Waals surface area contributed by atoms with E-state index < -0.39 is 18.1 Å². The number of esters is 1. The van der Waals surface area contributed by atoms with E-state index in [0.717, 1.165) is 23.0 Å². The van der Waals surface area contributed by atoms with Crippen molar-refractivity contribution in [1.29, 1.82) is 0 Å². The molecule has 0 aromatic carbocycles. The first-order valence-electron chi connectivity index (χ1n) is 13.9. The van der Waals surface area contributed by atoms with Gasteiger partial charge in [-0.15, -0.1) is 22.0 Å². The summed E-state index contributed by atoms with van der Waals surface area (Å²) >= 11 is 15.8. The average molecular weight is 682 g/mol. The number of carboxylic acids is 1. The second kappa shape index (κ2) is 14.7. The Labute approximate surface area is 272 Å². The van der Waals surface area contributed by atoms with Crippen LogP contribution in [0.25, 0.3) is 0 Å². The van der Waals surface area contributed by atoms with E-state index in [1.54, 1.807) is 67.1 Å². The number of halogens is 2. The minimum absolute atomic E-state index is 0.117. The van der Waals surface area contributed by atoms with Gasteiger partial charge in [-0.05, 0) is 37.6 Å². The lowest BCUT2D eigenvalue weighted by molar-refractivity contribution is -0.144. The number of anilines is 2. The molecular formula is C28H30Cl2N6O6S2. The van der Waals surface area contributed by atoms with Crippen molar-refractivity contribution in [2.45, 2.75) is 44.9 Å². The first-order valence-corrected chi connectivity index (χ1v) is 16.8. The summed E-state index contributed by atoms with van der Waals surface area (Å²) in [4.78, 5) is 32.3. The van der Waals surface area contributed by atoms with E-state index >= 15 is 0 Å². The number of aliphatic carboxylic acids is 1. The lowest BCUT2D eigenvalue weighted by Crippen LogP contribution is -2.42. The topological polar surface area (TPSA) is 139 Å². The third-order valence-electron chi connectivity index (χ3n) is 6.80. The summed E-state index contributed by atoms with van der Waals surface area (Å²) < 4.78 is 16.7. The van der Waals surface area contributed by atoms with Crippen LogP contribution in [0, 0.1) is 5.92 Å². The van der Waals surface area contributed by atoms with Crippen molar-refractivity contribution in [1.82, 2.24) is 9.97 Å². The Bertz CT molecular complexity index is 1480. The summed E-state index contributed by atoms with van der Waals surface area (Å²) in [7, 11) is 0. The summed E-state index contributed by atoms with van der Waals surface area (Å²) in [6.07, 6.45) is 4.23.